The first-order chi connectivity index (χ1) is 12.7. The average molecular weight is 382 g/mol. The molecular formula is C20H30O7. The second-order valence-electron chi connectivity index (χ2n) is 7.16. The monoisotopic (exact) mass is 382 g/mol. The summed E-state index contributed by atoms with van der Waals surface area (Å²) in [4.78, 5) is 23.2. The highest BCUT2D eigenvalue weighted by Gasteiger charge is 2.29. The van der Waals surface area contributed by atoms with Crippen LogP contribution in [-0.4, -0.2) is 60.9 Å². The Hall–Kier alpha value is -1.96. The number of benzene rings is 1. The smallest absolute Gasteiger partial charge is 0.140 e. The number of carbonyl (C=O) groups excluding carboxylic acids is 2. The van der Waals surface area contributed by atoms with Crippen LogP contribution in [0.25, 0.3) is 0 Å². The van der Waals surface area contributed by atoms with Crippen molar-refractivity contribution in [3.8, 4) is 11.5 Å². The molecule has 1 fully saturated rings. The number of aliphatic hydroxyl groups is 3. The van der Waals surface area contributed by atoms with E-state index in [4.69, 9.17) is 24.8 Å². The van der Waals surface area contributed by atoms with E-state index < -0.39 is 5.41 Å². The number of ketones is 2. The minimum absolute atomic E-state index is 0.0109. The van der Waals surface area contributed by atoms with Crippen molar-refractivity contribution in [2.75, 3.05) is 34.0 Å². The topological polar surface area (TPSA) is 113 Å². The number of ether oxygens (including phenoxy) is 2. The van der Waals surface area contributed by atoms with Crippen molar-refractivity contribution in [2.24, 2.45) is 5.41 Å². The zero-order valence-corrected chi connectivity index (χ0v) is 16.4. The molecule has 1 aromatic rings. The number of carbonyl (C=O) groups is 2. The Morgan fingerprint density at radius 1 is 1.00 bits per heavy atom. The molecule has 0 atom stereocenters. The molecule has 0 heterocycles. The van der Waals surface area contributed by atoms with Gasteiger partial charge in [0.15, 0.2) is 0 Å². The van der Waals surface area contributed by atoms with Crippen molar-refractivity contribution < 1.29 is 34.4 Å². The first-order valence-electron chi connectivity index (χ1n) is 8.82. The number of methoxy groups -OCH3 is 2. The van der Waals surface area contributed by atoms with Gasteiger partial charge in [-0.1, -0.05) is 13.0 Å². The maximum absolute atomic E-state index is 11.6. The third-order valence-electron chi connectivity index (χ3n) is 4.74. The predicted octanol–water partition coefficient (Wildman–Crippen LogP) is 1.39. The average Bonchev–Trinajstić information content (AvgIpc) is 2.66. The summed E-state index contributed by atoms with van der Waals surface area (Å²) in [5, 5.41) is 25.4. The summed E-state index contributed by atoms with van der Waals surface area (Å²) in [6.07, 6.45) is 0.899. The van der Waals surface area contributed by atoms with Crippen molar-refractivity contribution in [3.63, 3.8) is 0 Å². The normalized spacial score (nSPS) is 15.2. The molecule has 7 nitrogen and oxygen atoms in total. The highest BCUT2D eigenvalue weighted by atomic mass is 16.5. The molecule has 27 heavy (non-hydrogen) atoms. The van der Waals surface area contributed by atoms with Crippen LogP contribution in [-0.2, 0) is 9.59 Å². The van der Waals surface area contributed by atoms with Gasteiger partial charge in [-0.15, -0.1) is 0 Å². The quantitative estimate of drug-likeness (QED) is 0.637. The molecule has 0 aromatic heterocycles. The number of Topliss-reactive ketones (excluding diaryl/α,β-unsaturated/α-hetero) is 2. The van der Waals surface area contributed by atoms with E-state index >= 15 is 0 Å². The summed E-state index contributed by atoms with van der Waals surface area (Å²) < 4.78 is 10.7. The maximum atomic E-state index is 11.6. The van der Waals surface area contributed by atoms with Crippen LogP contribution in [0.1, 0.15) is 43.2 Å². The fraction of sp³-hybridized carbons (Fsp3) is 0.600. The maximum Gasteiger partial charge on any atom is 0.140 e. The van der Waals surface area contributed by atoms with Crippen LogP contribution in [0, 0.1) is 12.3 Å². The second-order valence-corrected chi connectivity index (χ2v) is 7.16. The summed E-state index contributed by atoms with van der Waals surface area (Å²) in [5.41, 5.74) is 1.11. The minimum Gasteiger partial charge on any atom is -0.496 e. The van der Waals surface area contributed by atoms with Gasteiger partial charge in [0.1, 0.15) is 23.1 Å². The standard InChI is InChI=1S/C15H18O4.C5H12O3/c1-9-14(18-2)5-4-13(15(9)19-3)10-6-11(16)8-12(17)7-10;1-5(2-6,3-7)4-8/h4-5,10H,6-8H2,1-3H3;6-8H,2-4H2,1H3. The predicted molar refractivity (Wildman–Crippen MR) is 100 cm³/mol. The molecule has 1 aromatic carbocycles. The van der Waals surface area contributed by atoms with Crippen LogP contribution in [0.5, 0.6) is 11.5 Å². The highest BCUT2D eigenvalue weighted by molar-refractivity contribution is 6.02. The lowest BCUT2D eigenvalue weighted by Crippen LogP contribution is -2.29. The van der Waals surface area contributed by atoms with E-state index in [9.17, 15) is 9.59 Å². The van der Waals surface area contributed by atoms with E-state index in [1.165, 1.54) is 0 Å². The van der Waals surface area contributed by atoms with Gasteiger partial charge < -0.3 is 24.8 Å². The Kier molecular flexibility index (Phi) is 8.88. The van der Waals surface area contributed by atoms with Crippen molar-refractivity contribution >= 4 is 11.6 Å². The van der Waals surface area contributed by atoms with Crippen molar-refractivity contribution in [1.29, 1.82) is 0 Å². The van der Waals surface area contributed by atoms with Crippen LogP contribution in [0.4, 0.5) is 0 Å². The minimum atomic E-state index is -0.708. The molecular weight excluding hydrogens is 352 g/mol. The van der Waals surface area contributed by atoms with E-state index in [0.29, 0.717) is 18.6 Å². The van der Waals surface area contributed by atoms with Gasteiger partial charge >= 0.3 is 0 Å². The summed E-state index contributed by atoms with van der Waals surface area (Å²) in [7, 11) is 3.20. The lowest BCUT2D eigenvalue weighted by Gasteiger charge is -2.24. The lowest BCUT2D eigenvalue weighted by molar-refractivity contribution is -0.130. The van der Waals surface area contributed by atoms with E-state index in [1.807, 2.05) is 19.1 Å². The van der Waals surface area contributed by atoms with Gasteiger partial charge in [0.05, 0.1) is 40.5 Å². The molecule has 3 N–H and O–H groups in total. The van der Waals surface area contributed by atoms with Crippen LogP contribution in [0.15, 0.2) is 12.1 Å². The van der Waals surface area contributed by atoms with E-state index in [1.54, 1.807) is 21.1 Å². The van der Waals surface area contributed by atoms with Crippen molar-refractivity contribution in [1.82, 2.24) is 0 Å². The Morgan fingerprint density at radius 3 is 1.89 bits per heavy atom. The summed E-state index contributed by atoms with van der Waals surface area (Å²) in [6.45, 7) is 2.97. The molecule has 0 radical (unpaired) electrons. The molecule has 0 unspecified atom stereocenters. The molecule has 1 saturated carbocycles. The van der Waals surface area contributed by atoms with Crippen molar-refractivity contribution in [2.45, 2.75) is 39.0 Å². The lowest BCUT2D eigenvalue weighted by atomic mass is 9.81. The van der Waals surface area contributed by atoms with E-state index in [0.717, 1.165) is 16.9 Å². The first-order valence-corrected chi connectivity index (χ1v) is 8.82. The van der Waals surface area contributed by atoms with Gasteiger partial charge in [-0.2, -0.15) is 0 Å². The molecule has 1 aliphatic rings. The summed E-state index contributed by atoms with van der Waals surface area (Å²) in [6, 6.07) is 3.75. The number of rotatable bonds is 6. The van der Waals surface area contributed by atoms with Crippen molar-refractivity contribution in [3.05, 3.63) is 23.3 Å². The number of hydrogen-bond acceptors (Lipinski definition) is 7. The van der Waals surface area contributed by atoms with E-state index in [2.05, 4.69) is 0 Å². The molecule has 7 heteroatoms. The Labute approximate surface area is 159 Å². The Balaban J connectivity index is 0.000000387. The molecule has 2 rings (SSSR count). The molecule has 0 spiro atoms. The molecule has 0 amide bonds. The van der Waals surface area contributed by atoms with Gasteiger partial charge in [0.25, 0.3) is 0 Å². The van der Waals surface area contributed by atoms with Gasteiger partial charge in [-0.05, 0) is 18.6 Å². The molecule has 0 aliphatic heterocycles. The van der Waals surface area contributed by atoms with E-state index in [-0.39, 0.29) is 43.7 Å². The zero-order valence-electron chi connectivity index (χ0n) is 16.4. The third kappa shape index (κ3) is 6.02. The zero-order chi connectivity index (χ0) is 20.6. The number of aliphatic hydroxyl groups excluding tert-OH is 3. The second kappa shape index (κ2) is 10.4. The van der Waals surface area contributed by atoms with Crippen LogP contribution in [0.2, 0.25) is 0 Å². The molecule has 0 saturated heterocycles. The van der Waals surface area contributed by atoms with Gasteiger partial charge in [0.2, 0.25) is 0 Å². The van der Waals surface area contributed by atoms with Gasteiger partial charge in [0, 0.05) is 29.7 Å². The van der Waals surface area contributed by atoms with Gasteiger partial charge in [-0.3, -0.25) is 9.59 Å². The third-order valence-corrected chi connectivity index (χ3v) is 4.74. The fourth-order valence-electron chi connectivity index (χ4n) is 2.86. The highest BCUT2D eigenvalue weighted by Crippen LogP contribution is 2.39. The van der Waals surface area contributed by atoms with Crippen LogP contribution < -0.4 is 9.47 Å². The summed E-state index contributed by atoms with van der Waals surface area (Å²) >= 11 is 0. The SMILES string of the molecule is CC(CO)(CO)CO.COc1ccc(C2CC(=O)CC(=O)C2)c(OC)c1C. The van der Waals surface area contributed by atoms with Crippen LogP contribution in [0.3, 0.4) is 0 Å². The molecule has 152 valence electrons. The largest absolute Gasteiger partial charge is 0.496 e. The summed E-state index contributed by atoms with van der Waals surface area (Å²) in [5.74, 6) is 1.41. The fourth-order valence-corrected chi connectivity index (χ4v) is 2.86. The first kappa shape index (κ1) is 23.1. The number of hydrogen-bond donors (Lipinski definition) is 3. The Morgan fingerprint density at radius 2 is 1.52 bits per heavy atom. The molecule has 1 aliphatic carbocycles. The van der Waals surface area contributed by atoms with Crippen LogP contribution >= 0.6 is 0 Å². The van der Waals surface area contributed by atoms with Gasteiger partial charge in [-0.25, -0.2) is 0 Å². The Bertz CT molecular complexity index is 626. The molecule has 0 bridgehead atoms.